The fourth-order valence-corrected chi connectivity index (χ4v) is 2.93. The van der Waals surface area contributed by atoms with Gasteiger partial charge in [-0.25, -0.2) is 0 Å². The van der Waals surface area contributed by atoms with E-state index in [9.17, 15) is 0 Å². The number of thioether (sulfide) groups is 1. The lowest BCUT2D eigenvalue weighted by molar-refractivity contribution is 0.466. The van der Waals surface area contributed by atoms with Gasteiger partial charge in [-0.05, 0) is 36.6 Å². The molecule has 0 saturated carbocycles. The van der Waals surface area contributed by atoms with E-state index in [0.717, 1.165) is 24.2 Å². The van der Waals surface area contributed by atoms with E-state index in [0.29, 0.717) is 16.1 Å². The van der Waals surface area contributed by atoms with Crippen LogP contribution in [0.1, 0.15) is 12.0 Å². The fourth-order valence-electron chi connectivity index (χ4n) is 2.04. The first kappa shape index (κ1) is 15.1. The predicted octanol–water partition coefficient (Wildman–Crippen LogP) is 3.85. The Balaban J connectivity index is 1.51. The van der Waals surface area contributed by atoms with E-state index in [2.05, 4.69) is 15.3 Å². The van der Waals surface area contributed by atoms with Crippen LogP contribution in [0.2, 0.25) is 5.02 Å². The van der Waals surface area contributed by atoms with Crippen molar-refractivity contribution in [3.05, 3.63) is 47.2 Å². The Bertz CT molecular complexity index is 755. The molecule has 0 N–H and O–H groups in total. The molecule has 114 valence electrons. The second-order valence-electron chi connectivity index (χ2n) is 4.86. The molecule has 0 amide bonds. The molecule has 0 unspecified atom stereocenters. The Morgan fingerprint density at radius 1 is 1.32 bits per heavy atom. The minimum atomic E-state index is 0.497. The number of aromatic nitrogens is 4. The van der Waals surface area contributed by atoms with Gasteiger partial charge < -0.3 is 4.42 Å². The van der Waals surface area contributed by atoms with Gasteiger partial charge in [0.15, 0.2) is 0 Å². The van der Waals surface area contributed by atoms with Crippen LogP contribution in [0, 0.1) is 0 Å². The van der Waals surface area contributed by atoms with Crippen molar-refractivity contribution >= 4 is 23.4 Å². The minimum absolute atomic E-state index is 0.497. The van der Waals surface area contributed by atoms with Gasteiger partial charge >= 0.3 is 0 Å². The Morgan fingerprint density at radius 2 is 2.23 bits per heavy atom. The van der Waals surface area contributed by atoms with E-state index < -0.39 is 0 Å². The summed E-state index contributed by atoms with van der Waals surface area (Å²) in [7, 11) is 1.92. The van der Waals surface area contributed by atoms with E-state index in [4.69, 9.17) is 16.0 Å². The first-order valence-electron chi connectivity index (χ1n) is 6.90. The average Bonchev–Trinajstić information content (AvgIpc) is 3.13. The summed E-state index contributed by atoms with van der Waals surface area (Å²) in [6.45, 7) is 0. The predicted molar refractivity (Wildman–Crippen MR) is 87.0 cm³/mol. The van der Waals surface area contributed by atoms with Crippen LogP contribution in [0.4, 0.5) is 0 Å². The van der Waals surface area contributed by atoms with Crippen molar-refractivity contribution in [1.82, 2.24) is 20.0 Å². The molecule has 0 spiro atoms. The summed E-state index contributed by atoms with van der Waals surface area (Å²) < 4.78 is 7.46. The van der Waals surface area contributed by atoms with E-state index in [-0.39, 0.29) is 0 Å². The number of hydrogen-bond donors (Lipinski definition) is 0. The highest BCUT2D eigenvalue weighted by Gasteiger charge is 2.09. The zero-order valence-electron chi connectivity index (χ0n) is 12.1. The Morgan fingerprint density at radius 3 is 3.00 bits per heavy atom. The lowest BCUT2D eigenvalue weighted by Gasteiger charge is -1.96. The first-order chi connectivity index (χ1) is 10.7. The van der Waals surface area contributed by atoms with Gasteiger partial charge in [0.2, 0.25) is 5.89 Å². The smallest absolute Gasteiger partial charge is 0.276 e. The zero-order valence-corrected chi connectivity index (χ0v) is 13.6. The van der Waals surface area contributed by atoms with E-state index in [1.807, 2.05) is 48.4 Å². The molecule has 22 heavy (non-hydrogen) atoms. The maximum absolute atomic E-state index is 5.96. The van der Waals surface area contributed by atoms with Gasteiger partial charge in [-0.3, -0.25) is 4.68 Å². The number of aryl methyl sites for hydroxylation is 2. The van der Waals surface area contributed by atoms with Crippen molar-refractivity contribution in [3.8, 4) is 11.5 Å². The number of rotatable bonds is 6. The van der Waals surface area contributed by atoms with Crippen LogP contribution in [0.5, 0.6) is 0 Å². The van der Waals surface area contributed by atoms with Gasteiger partial charge in [-0.15, -0.1) is 10.2 Å². The van der Waals surface area contributed by atoms with Gasteiger partial charge in [0.25, 0.3) is 5.22 Å². The van der Waals surface area contributed by atoms with Crippen LogP contribution in [0.15, 0.2) is 46.3 Å². The fraction of sp³-hybridized carbons (Fsp3) is 0.267. The molecule has 1 aromatic carbocycles. The van der Waals surface area contributed by atoms with Gasteiger partial charge in [0.1, 0.15) is 0 Å². The zero-order chi connectivity index (χ0) is 15.4. The molecule has 0 aliphatic carbocycles. The molecule has 3 rings (SSSR count). The Hall–Kier alpha value is -1.79. The maximum atomic E-state index is 5.96. The van der Waals surface area contributed by atoms with Crippen LogP contribution in [0.25, 0.3) is 11.5 Å². The second kappa shape index (κ2) is 6.98. The van der Waals surface area contributed by atoms with E-state index in [1.165, 1.54) is 5.56 Å². The van der Waals surface area contributed by atoms with Gasteiger partial charge in [0.05, 0.1) is 6.20 Å². The summed E-state index contributed by atoms with van der Waals surface area (Å²) in [6, 6.07) is 7.39. The van der Waals surface area contributed by atoms with Crippen molar-refractivity contribution < 1.29 is 4.42 Å². The highest BCUT2D eigenvalue weighted by atomic mass is 35.5. The molecular weight excluding hydrogens is 320 g/mol. The molecule has 0 aliphatic heterocycles. The number of nitrogens with zero attached hydrogens (tertiary/aromatic N) is 4. The first-order valence-corrected chi connectivity index (χ1v) is 8.27. The third-order valence-corrected chi connectivity index (χ3v) is 4.21. The summed E-state index contributed by atoms with van der Waals surface area (Å²) in [5.41, 5.74) is 2.08. The number of benzene rings is 1. The SMILES string of the molecule is Cn1cc(CCCSc2nnc(-c3cccc(Cl)c3)o2)cn1. The lowest BCUT2D eigenvalue weighted by atomic mass is 10.2. The Labute approximate surface area is 137 Å². The third-order valence-electron chi connectivity index (χ3n) is 3.07. The number of halogens is 1. The topological polar surface area (TPSA) is 56.7 Å². The van der Waals surface area contributed by atoms with Crippen LogP contribution >= 0.6 is 23.4 Å². The standard InChI is InChI=1S/C15H15ClN4OS/c1-20-10-11(9-17-20)4-3-7-22-15-19-18-14(21-15)12-5-2-6-13(16)8-12/h2,5-6,8-10H,3-4,7H2,1H3. The van der Waals surface area contributed by atoms with E-state index in [1.54, 1.807) is 11.8 Å². The van der Waals surface area contributed by atoms with Crippen molar-refractivity contribution in [3.63, 3.8) is 0 Å². The summed E-state index contributed by atoms with van der Waals surface area (Å²) in [4.78, 5) is 0. The molecule has 0 bridgehead atoms. The Kier molecular flexibility index (Phi) is 4.80. The molecule has 0 fully saturated rings. The monoisotopic (exact) mass is 334 g/mol. The highest BCUT2D eigenvalue weighted by molar-refractivity contribution is 7.99. The highest BCUT2D eigenvalue weighted by Crippen LogP contribution is 2.25. The molecule has 7 heteroatoms. The van der Waals surface area contributed by atoms with Crippen molar-refractivity contribution in [2.75, 3.05) is 5.75 Å². The van der Waals surface area contributed by atoms with Crippen LogP contribution in [-0.2, 0) is 13.5 Å². The third kappa shape index (κ3) is 3.90. The largest absolute Gasteiger partial charge is 0.411 e. The van der Waals surface area contributed by atoms with Crippen molar-refractivity contribution in [2.24, 2.45) is 7.05 Å². The molecule has 0 atom stereocenters. The summed E-state index contributed by atoms with van der Waals surface area (Å²) in [5.74, 6) is 1.42. The van der Waals surface area contributed by atoms with Crippen LogP contribution < -0.4 is 0 Å². The molecule has 2 heterocycles. The van der Waals surface area contributed by atoms with E-state index >= 15 is 0 Å². The van der Waals surface area contributed by atoms with Crippen LogP contribution in [0.3, 0.4) is 0 Å². The molecule has 3 aromatic rings. The molecular formula is C15H15ClN4OS. The van der Waals surface area contributed by atoms with Crippen LogP contribution in [-0.4, -0.2) is 25.7 Å². The summed E-state index contributed by atoms with van der Waals surface area (Å²) >= 11 is 7.53. The summed E-state index contributed by atoms with van der Waals surface area (Å²) in [5, 5.41) is 13.5. The molecule has 2 aromatic heterocycles. The second-order valence-corrected chi connectivity index (χ2v) is 6.34. The van der Waals surface area contributed by atoms with Gasteiger partial charge in [-0.1, -0.05) is 29.4 Å². The van der Waals surface area contributed by atoms with Crippen molar-refractivity contribution in [1.29, 1.82) is 0 Å². The van der Waals surface area contributed by atoms with Gasteiger partial charge in [-0.2, -0.15) is 5.10 Å². The van der Waals surface area contributed by atoms with Crippen molar-refractivity contribution in [2.45, 2.75) is 18.1 Å². The van der Waals surface area contributed by atoms with Gasteiger partial charge in [0, 0.05) is 29.6 Å². The minimum Gasteiger partial charge on any atom is -0.411 e. The maximum Gasteiger partial charge on any atom is 0.276 e. The molecule has 0 saturated heterocycles. The quantitative estimate of drug-likeness (QED) is 0.506. The molecule has 5 nitrogen and oxygen atoms in total. The summed E-state index contributed by atoms with van der Waals surface area (Å²) in [6.07, 6.45) is 5.96. The molecule has 0 aliphatic rings. The lowest BCUT2D eigenvalue weighted by Crippen LogP contribution is -1.87. The normalized spacial score (nSPS) is 11.0. The average molecular weight is 335 g/mol. The molecule has 0 radical (unpaired) electrons. The number of hydrogen-bond acceptors (Lipinski definition) is 5.